The number of anilines is 1. The molecule has 0 aliphatic carbocycles. The molecule has 1 heterocycles. The molecule has 0 aliphatic heterocycles. The number of rotatable bonds is 4. The number of thiol groups is 1. The molecule has 118 valence electrons. The quantitative estimate of drug-likeness (QED) is 0.636. The monoisotopic (exact) mass is 346 g/mol. The van der Waals surface area contributed by atoms with E-state index < -0.39 is 9.84 Å². The Morgan fingerprint density at radius 2 is 1.83 bits per heavy atom. The Kier molecular flexibility index (Phi) is 4.14. The van der Waals surface area contributed by atoms with Crippen molar-refractivity contribution in [1.82, 2.24) is 4.98 Å². The highest BCUT2D eigenvalue weighted by molar-refractivity contribution is 7.91. The minimum absolute atomic E-state index is 0.0822. The van der Waals surface area contributed by atoms with Gasteiger partial charge in [0, 0.05) is 16.6 Å². The van der Waals surface area contributed by atoms with Crippen molar-refractivity contribution in [2.45, 2.75) is 9.92 Å². The molecule has 0 saturated heterocycles. The summed E-state index contributed by atoms with van der Waals surface area (Å²) in [7, 11) is -3.60. The fourth-order valence-corrected chi connectivity index (χ4v) is 3.63. The molecule has 0 aliphatic rings. The van der Waals surface area contributed by atoms with Gasteiger partial charge < -0.3 is 10.3 Å². The van der Waals surface area contributed by atoms with Crippen molar-refractivity contribution in [2.75, 3.05) is 11.1 Å². The van der Waals surface area contributed by atoms with Crippen LogP contribution in [0.1, 0.15) is 0 Å². The van der Waals surface area contributed by atoms with Crippen LogP contribution in [0.3, 0.4) is 0 Å². The molecule has 0 radical (unpaired) electrons. The SMILES string of the molecule is O=C(CS)Nc1ccc2[nH]c(S(=O)(=O)c3ccccc3)cc2c1. The van der Waals surface area contributed by atoms with Gasteiger partial charge in [0.2, 0.25) is 15.7 Å². The van der Waals surface area contributed by atoms with Crippen LogP contribution in [0.25, 0.3) is 10.9 Å². The van der Waals surface area contributed by atoms with Crippen LogP contribution in [-0.4, -0.2) is 25.1 Å². The van der Waals surface area contributed by atoms with Gasteiger partial charge in [0.05, 0.1) is 10.6 Å². The van der Waals surface area contributed by atoms with Crippen molar-refractivity contribution in [2.24, 2.45) is 0 Å². The Hall–Kier alpha value is -2.25. The molecule has 23 heavy (non-hydrogen) atoms. The minimum atomic E-state index is -3.60. The summed E-state index contributed by atoms with van der Waals surface area (Å²) in [6.45, 7) is 0. The van der Waals surface area contributed by atoms with Gasteiger partial charge in [0.15, 0.2) is 0 Å². The summed E-state index contributed by atoms with van der Waals surface area (Å²) in [6.07, 6.45) is 0. The number of hydrogen-bond acceptors (Lipinski definition) is 4. The lowest BCUT2D eigenvalue weighted by Crippen LogP contribution is -2.12. The molecule has 0 fully saturated rings. The van der Waals surface area contributed by atoms with Crippen LogP contribution in [0.4, 0.5) is 5.69 Å². The van der Waals surface area contributed by atoms with Gasteiger partial charge in [0.25, 0.3) is 0 Å². The summed E-state index contributed by atoms with van der Waals surface area (Å²) >= 11 is 3.90. The molecule has 3 rings (SSSR count). The van der Waals surface area contributed by atoms with Gasteiger partial charge in [-0.2, -0.15) is 12.6 Å². The largest absolute Gasteiger partial charge is 0.345 e. The molecule has 2 aromatic carbocycles. The van der Waals surface area contributed by atoms with Crippen molar-refractivity contribution in [3.63, 3.8) is 0 Å². The topological polar surface area (TPSA) is 79.0 Å². The molecule has 3 aromatic rings. The first-order valence-electron chi connectivity index (χ1n) is 6.84. The van der Waals surface area contributed by atoms with E-state index in [1.165, 1.54) is 0 Å². The fraction of sp³-hybridized carbons (Fsp3) is 0.0625. The van der Waals surface area contributed by atoms with Gasteiger partial charge in [-0.25, -0.2) is 8.42 Å². The Bertz CT molecular complexity index is 963. The van der Waals surface area contributed by atoms with Gasteiger partial charge >= 0.3 is 0 Å². The molecule has 1 amide bonds. The van der Waals surface area contributed by atoms with E-state index in [2.05, 4.69) is 22.9 Å². The average molecular weight is 346 g/mol. The van der Waals surface area contributed by atoms with Gasteiger partial charge in [0.1, 0.15) is 5.03 Å². The zero-order chi connectivity index (χ0) is 16.4. The second kappa shape index (κ2) is 6.10. The van der Waals surface area contributed by atoms with Crippen LogP contribution >= 0.6 is 12.6 Å². The summed E-state index contributed by atoms with van der Waals surface area (Å²) in [4.78, 5) is 14.5. The summed E-state index contributed by atoms with van der Waals surface area (Å²) in [5, 5.41) is 3.51. The Balaban J connectivity index is 2.02. The number of aromatic amines is 1. The summed E-state index contributed by atoms with van der Waals surface area (Å²) in [5.74, 6) is -0.140. The van der Waals surface area contributed by atoms with Crippen LogP contribution in [0.15, 0.2) is 64.5 Å². The predicted octanol–water partition coefficient (Wildman–Crippen LogP) is 2.87. The molecular formula is C16H14N2O3S2. The minimum Gasteiger partial charge on any atom is -0.345 e. The highest BCUT2D eigenvalue weighted by Gasteiger charge is 2.19. The Morgan fingerprint density at radius 3 is 2.52 bits per heavy atom. The number of aromatic nitrogens is 1. The normalized spacial score (nSPS) is 11.5. The number of amides is 1. The lowest BCUT2D eigenvalue weighted by atomic mass is 10.2. The number of carbonyl (C=O) groups excluding carboxylic acids is 1. The number of nitrogens with one attached hydrogen (secondary N) is 2. The van der Waals surface area contributed by atoms with E-state index in [4.69, 9.17) is 0 Å². The van der Waals surface area contributed by atoms with E-state index in [0.29, 0.717) is 16.6 Å². The van der Waals surface area contributed by atoms with Crippen LogP contribution in [-0.2, 0) is 14.6 Å². The smallest absolute Gasteiger partial charge is 0.234 e. The summed E-state index contributed by atoms with van der Waals surface area (Å²) in [6, 6.07) is 15.0. The zero-order valence-corrected chi connectivity index (χ0v) is 13.7. The maximum atomic E-state index is 12.6. The molecule has 0 unspecified atom stereocenters. The molecule has 0 spiro atoms. The lowest BCUT2D eigenvalue weighted by Gasteiger charge is -2.02. The maximum absolute atomic E-state index is 12.6. The molecule has 0 saturated carbocycles. The van der Waals surface area contributed by atoms with Crippen LogP contribution in [0, 0.1) is 0 Å². The number of hydrogen-bond donors (Lipinski definition) is 3. The Labute approximate surface area is 139 Å². The third-order valence-corrected chi connectivity index (χ3v) is 5.35. The Morgan fingerprint density at radius 1 is 1.09 bits per heavy atom. The van der Waals surface area contributed by atoms with Crippen LogP contribution < -0.4 is 5.32 Å². The van der Waals surface area contributed by atoms with E-state index in [0.717, 1.165) is 0 Å². The van der Waals surface area contributed by atoms with Crippen LogP contribution in [0.5, 0.6) is 0 Å². The van der Waals surface area contributed by atoms with Gasteiger partial charge in [-0.3, -0.25) is 4.79 Å². The highest BCUT2D eigenvalue weighted by atomic mass is 32.2. The van der Waals surface area contributed by atoms with E-state index in [1.807, 2.05) is 0 Å². The van der Waals surface area contributed by atoms with Crippen molar-refractivity contribution < 1.29 is 13.2 Å². The second-order valence-electron chi connectivity index (χ2n) is 4.96. The number of H-pyrrole nitrogens is 1. The number of sulfone groups is 1. The number of carbonyl (C=O) groups is 1. The van der Waals surface area contributed by atoms with E-state index in [9.17, 15) is 13.2 Å². The molecular weight excluding hydrogens is 332 g/mol. The standard InChI is InChI=1S/C16H14N2O3S2/c19-15(10-22)17-12-6-7-14-11(8-12)9-16(18-14)23(20,21)13-4-2-1-3-5-13/h1-9,18,22H,10H2,(H,17,19). The maximum Gasteiger partial charge on any atom is 0.234 e. The first-order chi connectivity index (χ1) is 11.0. The van der Waals surface area contributed by atoms with Gasteiger partial charge in [-0.15, -0.1) is 0 Å². The van der Waals surface area contributed by atoms with E-state index in [1.54, 1.807) is 54.6 Å². The highest BCUT2D eigenvalue weighted by Crippen LogP contribution is 2.26. The van der Waals surface area contributed by atoms with E-state index >= 15 is 0 Å². The summed E-state index contributed by atoms with van der Waals surface area (Å²) in [5.41, 5.74) is 1.28. The first kappa shape index (κ1) is 15.6. The third kappa shape index (κ3) is 3.11. The fourth-order valence-electron chi connectivity index (χ4n) is 2.26. The third-order valence-electron chi connectivity index (χ3n) is 3.37. The first-order valence-corrected chi connectivity index (χ1v) is 8.96. The number of benzene rings is 2. The average Bonchev–Trinajstić information content (AvgIpc) is 2.99. The van der Waals surface area contributed by atoms with Crippen molar-refractivity contribution in [3.8, 4) is 0 Å². The second-order valence-corrected chi connectivity index (χ2v) is 7.19. The predicted molar refractivity (Wildman–Crippen MR) is 92.7 cm³/mol. The molecule has 0 bridgehead atoms. The molecule has 7 heteroatoms. The number of fused-ring (bicyclic) bond motifs is 1. The van der Waals surface area contributed by atoms with E-state index in [-0.39, 0.29) is 21.6 Å². The molecule has 0 atom stereocenters. The summed E-state index contributed by atoms with van der Waals surface area (Å²) < 4.78 is 25.2. The van der Waals surface area contributed by atoms with Crippen molar-refractivity contribution >= 4 is 45.0 Å². The molecule has 2 N–H and O–H groups in total. The molecule has 5 nitrogen and oxygen atoms in total. The van der Waals surface area contributed by atoms with Gasteiger partial charge in [-0.05, 0) is 36.4 Å². The van der Waals surface area contributed by atoms with Crippen molar-refractivity contribution in [1.29, 1.82) is 0 Å². The molecule has 1 aromatic heterocycles. The van der Waals surface area contributed by atoms with Gasteiger partial charge in [-0.1, -0.05) is 18.2 Å². The lowest BCUT2D eigenvalue weighted by molar-refractivity contribution is -0.113. The van der Waals surface area contributed by atoms with Crippen LogP contribution in [0.2, 0.25) is 0 Å². The van der Waals surface area contributed by atoms with Crippen molar-refractivity contribution in [3.05, 3.63) is 54.6 Å². The zero-order valence-electron chi connectivity index (χ0n) is 12.0.